The molecule has 0 aliphatic rings. The number of rotatable bonds is 6. The van der Waals surface area contributed by atoms with E-state index in [-0.39, 0.29) is 11.0 Å². The van der Waals surface area contributed by atoms with E-state index in [9.17, 15) is 14.4 Å². The number of ether oxygens (including phenoxy) is 2. The molecule has 2 heterocycles. The molecule has 0 aliphatic carbocycles. The first-order valence-electron chi connectivity index (χ1n) is 9.96. The Hall–Kier alpha value is -4.47. The number of anilines is 1. The largest absolute Gasteiger partial charge is 0.497 e. The second-order valence-corrected chi connectivity index (χ2v) is 7.14. The van der Waals surface area contributed by atoms with Crippen LogP contribution in [0.25, 0.3) is 22.4 Å². The number of para-hydroxylation sites is 2. The summed E-state index contributed by atoms with van der Waals surface area (Å²) in [4.78, 5) is 47.2. The number of nitrogens with zero attached hydrogens (tertiary/aromatic N) is 4. The molecule has 10 nitrogen and oxygen atoms in total. The van der Waals surface area contributed by atoms with Crippen molar-refractivity contribution in [1.82, 2.24) is 19.1 Å². The highest BCUT2D eigenvalue weighted by molar-refractivity contribution is 5.92. The molecule has 0 bridgehead atoms. The minimum atomic E-state index is -0.665. The van der Waals surface area contributed by atoms with Gasteiger partial charge in [0.2, 0.25) is 5.91 Å². The summed E-state index contributed by atoms with van der Waals surface area (Å²) in [7, 11) is 4.54. The van der Waals surface area contributed by atoms with Crippen LogP contribution in [0.1, 0.15) is 0 Å². The summed E-state index contributed by atoms with van der Waals surface area (Å²) < 4.78 is 12.4. The third-order valence-electron chi connectivity index (χ3n) is 5.11. The van der Waals surface area contributed by atoms with Crippen LogP contribution in [0.15, 0.2) is 64.3 Å². The molecule has 2 aromatic carbocycles. The molecule has 10 heteroatoms. The summed E-state index contributed by atoms with van der Waals surface area (Å²) in [5.74, 6) is 0.949. The van der Waals surface area contributed by atoms with E-state index in [1.807, 2.05) is 0 Å². The highest BCUT2D eigenvalue weighted by Crippen LogP contribution is 2.23. The standard InChI is InChI=1S/C23H21N5O5/c1-27-21-16(12-24-20(26-21)14-8-10-15(32-2)11-9-14)22(30)28(23(27)31)13-19(29)25-17-6-4-5-7-18(17)33-3/h4-12H,13H2,1-3H3,(H,25,29). The van der Waals surface area contributed by atoms with Crippen molar-refractivity contribution in [3.05, 3.63) is 75.6 Å². The Morgan fingerprint density at radius 3 is 2.45 bits per heavy atom. The lowest BCUT2D eigenvalue weighted by Crippen LogP contribution is -2.42. The highest BCUT2D eigenvalue weighted by Gasteiger charge is 2.17. The number of methoxy groups -OCH3 is 2. The zero-order chi connectivity index (χ0) is 23.5. The van der Waals surface area contributed by atoms with Crippen LogP contribution in [0.5, 0.6) is 11.5 Å². The van der Waals surface area contributed by atoms with Crippen molar-refractivity contribution >= 4 is 22.6 Å². The second-order valence-electron chi connectivity index (χ2n) is 7.14. The first-order valence-corrected chi connectivity index (χ1v) is 9.96. The van der Waals surface area contributed by atoms with Crippen molar-refractivity contribution in [2.24, 2.45) is 7.05 Å². The molecule has 0 radical (unpaired) electrons. The van der Waals surface area contributed by atoms with Crippen LogP contribution < -0.4 is 26.0 Å². The predicted molar refractivity (Wildman–Crippen MR) is 123 cm³/mol. The van der Waals surface area contributed by atoms with Gasteiger partial charge in [-0.3, -0.25) is 18.7 Å². The number of aryl methyl sites for hydroxylation is 1. The fourth-order valence-electron chi connectivity index (χ4n) is 3.38. The molecule has 4 aromatic rings. The fraction of sp³-hybridized carbons (Fsp3) is 0.174. The lowest BCUT2D eigenvalue weighted by molar-refractivity contribution is -0.116. The first-order chi connectivity index (χ1) is 15.9. The summed E-state index contributed by atoms with van der Waals surface area (Å²) in [5.41, 5.74) is -0.00698. The van der Waals surface area contributed by atoms with Gasteiger partial charge in [-0.15, -0.1) is 0 Å². The average Bonchev–Trinajstić information content (AvgIpc) is 2.85. The Labute approximate surface area is 188 Å². The Balaban J connectivity index is 1.69. The summed E-state index contributed by atoms with van der Waals surface area (Å²) in [5, 5.41) is 2.78. The molecule has 0 saturated carbocycles. The number of hydrogen-bond donors (Lipinski definition) is 1. The number of nitrogens with one attached hydrogen (secondary N) is 1. The molecule has 0 atom stereocenters. The number of benzene rings is 2. The van der Waals surface area contributed by atoms with Gasteiger partial charge in [-0.25, -0.2) is 14.8 Å². The van der Waals surface area contributed by atoms with E-state index in [2.05, 4.69) is 15.3 Å². The molecule has 0 aliphatic heterocycles. The van der Waals surface area contributed by atoms with Gasteiger partial charge in [0.1, 0.15) is 23.4 Å². The topological polar surface area (TPSA) is 117 Å². The van der Waals surface area contributed by atoms with E-state index < -0.39 is 23.7 Å². The van der Waals surface area contributed by atoms with Crippen molar-refractivity contribution in [2.45, 2.75) is 6.54 Å². The smallest absolute Gasteiger partial charge is 0.332 e. The first kappa shape index (κ1) is 21.8. The SMILES string of the molecule is COc1ccc(-c2ncc3c(=O)n(CC(=O)Nc4ccccc4OC)c(=O)n(C)c3n2)cc1. The molecule has 4 rings (SSSR count). The van der Waals surface area contributed by atoms with Crippen LogP contribution in [-0.4, -0.2) is 39.2 Å². The van der Waals surface area contributed by atoms with Crippen LogP contribution >= 0.6 is 0 Å². The van der Waals surface area contributed by atoms with Gasteiger partial charge in [-0.2, -0.15) is 0 Å². The summed E-state index contributed by atoms with van der Waals surface area (Å²) in [6.45, 7) is -0.472. The third kappa shape index (κ3) is 4.18. The van der Waals surface area contributed by atoms with Crippen LogP contribution in [0, 0.1) is 0 Å². The van der Waals surface area contributed by atoms with E-state index >= 15 is 0 Å². The van der Waals surface area contributed by atoms with Gasteiger partial charge in [-0.1, -0.05) is 12.1 Å². The maximum atomic E-state index is 13.0. The zero-order valence-electron chi connectivity index (χ0n) is 18.2. The second kappa shape index (κ2) is 8.95. The maximum Gasteiger partial charge on any atom is 0.332 e. The third-order valence-corrected chi connectivity index (χ3v) is 5.11. The average molecular weight is 447 g/mol. The van der Waals surface area contributed by atoms with Crippen molar-refractivity contribution in [2.75, 3.05) is 19.5 Å². The lowest BCUT2D eigenvalue weighted by atomic mass is 10.2. The monoisotopic (exact) mass is 447 g/mol. The van der Waals surface area contributed by atoms with Crippen molar-refractivity contribution in [3.8, 4) is 22.9 Å². The van der Waals surface area contributed by atoms with E-state index in [0.717, 1.165) is 4.57 Å². The molecule has 0 saturated heterocycles. The molecule has 0 spiro atoms. The number of aromatic nitrogens is 4. The Bertz CT molecular complexity index is 1460. The molecular weight excluding hydrogens is 426 g/mol. The van der Waals surface area contributed by atoms with Gasteiger partial charge < -0.3 is 14.8 Å². The van der Waals surface area contributed by atoms with Crippen molar-refractivity contribution in [3.63, 3.8) is 0 Å². The van der Waals surface area contributed by atoms with E-state index in [0.29, 0.717) is 28.6 Å². The lowest BCUT2D eigenvalue weighted by Gasteiger charge is -2.12. The van der Waals surface area contributed by atoms with E-state index in [4.69, 9.17) is 9.47 Å². The van der Waals surface area contributed by atoms with Gasteiger partial charge >= 0.3 is 5.69 Å². The molecule has 0 fully saturated rings. The number of fused-ring (bicyclic) bond motifs is 1. The van der Waals surface area contributed by atoms with E-state index in [1.165, 1.54) is 24.9 Å². The van der Waals surface area contributed by atoms with Gasteiger partial charge in [0.15, 0.2) is 11.5 Å². The molecular formula is C23H21N5O5. The molecule has 2 aromatic heterocycles. The van der Waals surface area contributed by atoms with Gasteiger partial charge in [0.25, 0.3) is 5.56 Å². The minimum absolute atomic E-state index is 0.124. The Morgan fingerprint density at radius 2 is 1.76 bits per heavy atom. The number of carbonyl (C=O) groups excluding carboxylic acids is 1. The van der Waals surface area contributed by atoms with Crippen LogP contribution in [0.4, 0.5) is 5.69 Å². The number of carbonyl (C=O) groups is 1. The summed E-state index contributed by atoms with van der Waals surface area (Å²) in [6, 6.07) is 13.9. The predicted octanol–water partition coefficient (Wildman–Crippen LogP) is 1.81. The van der Waals surface area contributed by atoms with Crippen molar-refractivity contribution < 1.29 is 14.3 Å². The molecule has 168 valence electrons. The fourth-order valence-corrected chi connectivity index (χ4v) is 3.38. The van der Waals surface area contributed by atoms with Gasteiger partial charge in [0, 0.05) is 18.8 Å². The summed E-state index contributed by atoms with van der Waals surface area (Å²) >= 11 is 0. The van der Waals surface area contributed by atoms with E-state index in [1.54, 1.807) is 55.6 Å². The molecule has 33 heavy (non-hydrogen) atoms. The summed E-state index contributed by atoms with van der Waals surface area (Å²) in [6.07, 6.45) is 1.36. The molecule has 1 N–H and O–H groups in total. The highest BCUT2D eigenvalue weighted by atomic mass is 16.5. The van der Waals surface area contributed by atoms with Crippen molar-refractivity contribution in [1.29, 1.82) is 0 Å². The zero-order valence-corrected chi connectivity index (χ0v) is 18.2. The van der Waals surface area contributed by atoms with Gasteiger partial charge in [-0.05, 0) is 36.4 Å². The van der Waals surface area contributed by atoms with Crippen LogP contribution in [0.3, 0.4) is 0 Å². The maximum absolute atomic E-state index is 13.0. The molecule has 0 unspecified atom stereocenters. The quantitative estimate of drug-likeness (QED) is 0.479. The minimum Gasteiger partial charge on any atom is -0.497 e. The van der Waals surface area contributed by atoms with Crippen LogP contribution in [0.2, 0.25) is 0 Å². The normalized spacial score (nSPS) is 10.8. The number of hydrogen-bond acceptors (Lipinski definition) is 7. The van der Waals surface area contributed by atoms with Crippen LogP contribution in [-0.2, 0) is 18.4 Å². The Morgan fingerprint density at radius 1 is 1.03 bits per heavy atom. The number of amides is 1. The Kier molecular flexibility index (Phi) is 5.90. The molecule has 1 amide bonds. The van der Waals surface area contributed by atoms with Gasteiger partial charge in [0.05, 0.1) is 19.9 Å².